The van der Waals surface area contributed by atoms with Gasteiger partial charge < -0.3 is 4.90 Å². The second-order valence-electron chi connectivity index (χ2n) is 4.13. The molecule has 0 saturated carbocycles. The van der Waals surface area contributed by atoms with Crippen molar-refractivity contribution in [2.24, 2.45) is 0 Å². The summed E-state index contributed by atoms with van der Waals surface area (Å²) in [5.74, 6) is 0.249. The lowest BCUT2D eigenvalue weighted by molar-refractivity contribution is 0.271. The highest BCUT2D eigenvalue weighted by atomic mass is 32.2. The third kappa shape index (κ3) is 4.95. The molecule has 15 heavy (non-hydrogen) atoms. The summed E-state index contributed by atoms with van der Waals surface area (Å²) in [6, 6.07) is 0.0431. The molecule has 0 radical (unpaired) electrons. The molecule has 0 spiro atoms. The first kappa shape index (κ1) is 14.9. The fourth-order valence-electron chi connectivity index (χ4n) is 1.78. The van der Waals surface area contributed by atoms with Crippen molar-refractivity contribution >= 4 is 10.0 Å². The molecule has 5 heteroatoms. The van der Waals surface area contributed by atoms with E-state index in [-0.39, 0.29) is 11.8 Å². The Morgan fingerprint density at radius 3 is 2.07 bits per heavy atom. The lowest BCUT2D eigenvalue weighted by Crippen LogP contribution is -2.44. The zero-order valence-corrected chi connectivity index (χ0v) is 11.3. The number of likely N-dealkylation sites (N-methyl/N-ethyl adjacent to an activating group) is 2. The van der Waals surface area contributed by atoms with Gasteiger partial charge in [-0.2, -0.15) is 4.31 Å². The lowest BCUT2D eigenvalue weighted by atomic mass is 10.3. The van der Waals surface area contributed by atoms with Crippen LogP contribution in [-0.4, -0.2) is 56.6 Å². The standard InChI is InChI=1S/C10H24N2O2S/c1-6-8-15(13,14)12(7-2)10(3)9-11(4)5/h10H,6-9H2,1-5H3. The van der Waals surface area contributed by atoms with Gasteiger partial charge in [0, 0.05) is 19.1 Å². The van der Waals surface area contributed by atoms with Gasteiger partial charge in [-0.1, -0.05) is 13.8 Å². The molecule has 4 nitrogen and oxygen atoms in total. The molecule has 0 heterocycles. The second kappa shape index (κ2) is 6.45. The number of hydrogen-bond acceptors (Lipinski definition) is 3. The smallest absolute Gasteiger partial charge is 0.214 e. The summed E-state index contributed by atoms with van der Waals surface area (Å²) in [7, 11) is 0.850. The van der Waals surface area contributed by atoms with Crippen LogP contribution < -0.4 is 0 Å². The Morgan fingerprint density at radius 2 is 1.73 bits per heavy atom. The molecular formula is C10H24N2O2S. The molecule has 0 aromatic carbocycles. The van der Waals surface area contributed by atoms with Crippen LogP contribution in [0.1, 0.15) is 27.2 Å². The molecule has 1 unspecified atom stereocenters. The van der Waals surface area contributed by atoms with E-state index in [1.807, 2.05) is 39.8 Å². The molecule has 0 saturated heterocycles. The van der Waals surface area contributed by atoms with Crippen molar-refractivity contribution in [2.45, 2.75) is 33.2 Å². The largest absolute Gasteiger partial charge is 0.308 e. The van der Waals surface area contributed by atoms with Crippen LogP contribution in [0.2, 0.25) is 0 Å². The van der Waals surface area contributed by atoms with Crippen LogP contribution in [0.5, 0.6) is 0 Å². The van der Waals surface area contributed by atoms with Crippen molar-refractivity contribution in [3.63, 3.8) is 0 Å². The molecular weight excluding hydrogens is 212 g/mol. The van der Waals surface area contributed by atoms with Gasteiger partial charge in [0.1, 0.15) is 0 Å². The highest BCUT2D eigenvalue weighted by molar-refractivity contribution is 7.89. The Labute approximate surface area is 94.3 Å². The number of sulfonamides is 1. The molecule has 0 bridgehead atoms. The molecule has 0 amide bonds. The summed E-state index contributed by atoms with van der Waals surface area (Å²) < 4.78 is 25.4. The maximum atomic E-state index is 11.9. The monoisotopic (exact) mass is 236 g/mol. The normalized spacial score (nSPS) is 14.9. The Hall–Kier alpha value is -0.130. The van der Waals surface area contributed by atoms with Gasteiger partial charge in [-0.3, -0.25) is 0 Å². The zero-order chi connectivity index (χ0) is 12.1. The fraction of sp³-hybridized carbons (Fsp3) is 1.00. The van der Waals surface area contributed by atoms with E-state index in [0.717, 1.165) is 6.54 Å². The van der Waals surface area contributed by atoms with Crippen LogP contribution in [0.4, 0.5) is 0 Å². The minimum atomic E-state index is -3.06. The summed E-state index contributed by atoms with van der Waals surface area (Å²) in [6.07, 6.45) is 0.674. The Balaban J connectivity index is 4.60. The third-order valence-corrected chi connectivity index (χ3v) is 4.51. The van der Waals surface area contributed by atoms with E-state index in [0.29, 0.717) is 13.0 Å². The van der Waals surface area contributed by atoms with Crippen LogP contribution in [0.25, 0.3) is 0 Å². The number of nitrogens with zero attached hydrogens (tertiary/aromatic N) is 2. The van der Waals surface area contributed by atoms with Gasteiger partial charge in [0.2, 0.25) is 10.0 Å². The summed E-state index contributed by atoms with van der Waals surface area (Å²) >= 11 is 0. The Morgan fingerprint density at radius 1 is 1.20 bits per heavy atom. The van der Waals surface area contributed by atoms with E-state index in [1.54, 1.807) is 4.31 Å². The molecule has 0 aliphatic rings. The van der Waals surface area contributed by atoms with Crippen LogP contribution in [-0.2, 0) is 10.0 Å². The third-order valence-electron chi connectivity index (χ3n) is 2.25. The minimum Gasteiger partial charge on any atom is -0.308 e. The average Bonchev–Trinajstić information content (AvgIpc) is 2.02. The molecule has 0 N–H and O–H groups in total. The zero-order valence-electron chi connectivity index (χ0n) is 10.5. The topological polar surface area (TPSA) is 40.6 Å². The van der Waals surface area contributed by atoms with Crippen molar-refractivity contribution in [1.82, 2.24) is 9.21 Å². The summed E-state index contributed by atoms with van der Waals surface area (Å²) in [4.78, 5) is 2.01. The minimum absolute atomic E-state index is 0.0431. The predicted octanol–water partition coefficient (Wildman–Crippen LogP) is 0.998. The first-order valence-electron chi connectivity index (χ1n) is 5.49. The van der Waals surface area contributed by atoms with Crippen molar-refractivity contribution in [1.29, 1.82) is 0 Å². The molecule has 0 aliphatic heterocycles. The highest BCUT2D eigenvalue weighted by Gasteiger charge is 2.24. The van der Waals surface area contributed by atoms with Gasteiger partial charge >= 0.3 is 0 Å². The Bertz CT molecular complexity index is 263. The molecule has 1 atom stereocenters. The predicted molar refractivity (Wildman–Crippen MR) is 64.5 cm³/mol. The van der Waals surface area contributed by atoms with Crippen molar-refractivity contribution < 1.29 is 8.42 Å². The molecule has 0 rings (SSSR count). The molecule has 92 valence electrons. The molecule has 0 aromatic rings. The molecule has 0 aromatic heterocycles. The molecule has 0 aliphatic carbocycles. The van der Waals surface area contributed by atoms with Crippen molar-refractivity contribution in [3.8, 4) is 0 Å². The van der Waals surface area contributed by atoms with Crippen LogP contribution in [0.3, 0.4) is 0 Å². The van der Waals surface area contributed by atoms with Gasteiger partial charge in [0.05, 0.1) is 5.75 Å². The maximum Gasteiger partial charge on any atom is 0.214 e. The van der Waals surface area contributed by atoms with Crippen molar-refractivity contribution in [2.75, 3.05) is 32.9 Å². The van der Waals surface area contributed by atoms with Gasteiger partial charge in [-0.25, -0.2) is 8.42 Å². The van der Waals surface area contributed by atoms with E-state index in [4.69, 9.17) is 0 Å². The summed E-state index contributed by atoms with van der Waals surface area (Å²) in [5.41, 5.74) is 0. The summed E-state index contributed by atoms with van der Waals surface area (Å²) in [6.45, 7) is 7.05. The van der Waals surface area contributed by atoms with E-state index in [1.165, 1.54) is 0 Å². The number of hydrogen-bond donors (Lipinski definition) is 0. The first-order chi connectivity index (χ1) is 6.85. The Kier molecular flexibility index (Phi) is 6.40. The van der Waals surface area contributed by atoms with E-state index >= 15 is 0 Å². The first-order valence-corrected chi connectivity index (χ1v) is 7.10. The fourth-order valence-corrected chi connectivity index (χ4v) is 3.54. The van der Waals surface area contributed by atoms with Gasteiger partial charge in [-0.15, -0.1) is 0 Å². The van der Waals surface area contributed by atoms with Crippen LogP contribution in [0, 0.1) is 0 Å². The quantitative estimate of drug-likeness (QED) is 0.662. The van der Waals surface area contributed by atoms with Gasteiger partial charge in [0.25, 0.3) is 0 Å². The highest BCUT2D eigenvalue weighted by Crippen LogP contribution is 2.09. The van der Waals surface area contributed by atoms with Crippen LogP contribution >= 0.6 is 0 Å². The van der Waals surface area contributed by atoms with E-state index < -0.39 is 10.0 Å². The lowest BCUT2D eigenvalue weighted by Gasteiger charge is -2.29. The van der Waals surface area contributed by atoms with Gasteiger partial charge in [-0.05, 0) is 27.4 Å². The van der Waals surface area contributed by atoms with Gasteiger partial charge in [0.15, 0.2) is 0 Å². The maximum absolute atomic E-state index is 11.9. The van der Waals surface area contributed by atoms with E-state index in [2.05, 4.69) is 0 Å². The van der Waals surface area contributed by atoms with Crippen molar-refractivity contribution in [3.05, 3.63) is 0 Å². The SMILES string of the molecule is CCCS(=O)(=O)N(CC)C(C)CN(C)C. The number of rotatable bonds is 7. The van der Waals surface area contributed by atoms with E-state index in [9.17, 15) is 8.42 Å². The molecule has 0 fully saturated rings. The second-order valence-corrected chi connectivity index (χ2v) is 6.17. The van der Waals surface area contributed by atoms with Crippen LogP contribution in [0.15, 0.2) is 0 Å². The average molecular weight is 236 g/mol. The summed E-state index contributed by atoms with van der Waals surface area (Å²) in [5, 5.41) is 0.